The van der Waals surface area contributed by atoms with Crippen LogP contribution in [0.3, 0.4) is 0 Å². The highest BCUT2D eigenvalue weighted by atomic mass is 32.2. The van der Waals surface area contributed by atoms with Crippen molar-refractivity contribution >= 4 is 10.0 Å². The molecule has 0 saturated carbocycles. The van der Waals surface area contributed by atoms with Gasteiger partial charge in [-0.3, -0.25) is 0 Å². The number of rotatable bonds is 4. The van der Waals surface area contributed by atoms with Crippen molar-refractivity contribution in [3.8, 4) is 0 Å². The van der Waals surface area contributed by atoms with Crippen LogP contribution in [0.1, 0.15) is 6.92 Å². The first kappa shape index (κ1) is 12.6. The second-order valence-electron chi connectivity index (χ2n) is 3.64. The lowest BCUT2D eigenvalue weighted by Gasteiger charge is -2.34. The maximum atomic E-state index is 11.7. The van der Waals surface area contributed by atoms with Crippen LogP contribution in [0.25, 0.3) is 0 Å². The summed E-state index contributed by atoms with van der Waals surface area (Å²) in [5.74, 6) is -0.0716. The van der Waals surface area contributed by atoms with Crippen molar-refractivity contribution in [2.75, 3.05) is 25.4 Å². The zero-order chi connectivity index (χ0) is 11.5. The highest BCUT2D eigenvalue weighted by Crippen LogP contribution is 2.14. The molecule has 2 atom stereocenters. The maximum absolute atomic E-state index is 11.7. The van der Waals surface area contributed by atoms with Crippen molar-refractivity contribution in [1.82, 2.24) is 4.31 Å². The fourth-order valence-corrected chi connectivity index (χ4v) is 2.92. The number of morpholine rings is 1. The van der Waals surface area contributed by atoms with Gasteiger partial charge in [0, 0.05) is 13.1 Å². The van der Waals surface area contributed by atoms with Gasteiger partial charge in [-0.25, -0.2) is 8.42 Å². The Morgan fingerprint density at radius 1 is 1.60 bits per heavy atom. The molecular weight excluding hydrogens is 218 g/mol. The number of nitrogens with zero attached hydrogens (tertiary/aromatic N) is 1. The Kier molecular flexibility index (Phi) is 4.27. The Labute approximate surface area is 90.4 Å². The number of hydrogen-bond donors (Lipinski definition) is 1. The largest absolute Gasteiger partial charge is 0.394 e. The molecule has 1 aliphatic rings. The van der Waals surface area contributed by atoms with E-state index in [0.717, 1.165) is 0 Å². The van der Waals surface area contributed by atoms with E-state index in [-0.39, 0.29) is 25.0 Å². The van der Waals surface area contributed by atoms with Crippen LogP contribution < -0.4 is 0 Å². The van der Waals surface area contributed by atoms with E-state index in [1.807, 2.05) is 0 Å². The maximum Gasteiger partial charge on any atom is 0.217 e. The van der Waals surface area contributed by atoms with Gasteiger partial charge in [0.15, 0.2) is 0 Å². The lowest BCUT2D eigenvalue weighted by molar-refractivity contribution is -0.0749. The summed E-state index contributed by atoms with van der Waals surface area (Å²) in [6.07, 6.45) is 0.757. The second-order valence-corrected chi connectivity index (χ2v) is 5.65. The molecule has 88 valence electrons. The highest BCUT2D eigenvalue weighted by molar-refractivity contribution is 7.89. The van der Waals surface area contributed by atoms with Crippen LogP contribution in [0.4, 0.5) is 0 Å². The minimum absolute atomic E-state index is 0.0716. The van der Waals surface area contributed by atoms with E-state index in [2.05, 4.69) is 6.58 Å². The summed E-state index contributed by atoms with van der Waals surface area (Å²) in [6.45, 7) is 5.60. The highest BCUT2D eigenvalue weighted by Gasteiger charge is 2.31. The SMILES string of the molecule is C=CCS(=O)(=O)N1CC(C)OC(CO)C1. The molecule has 0 aromatic carbocycles. The minimum atomic E-state index is -3.29. The quantitative estimate of drug-likeness (QED) is 0.672. The first-order chi connectivity index (χ1) is 6.99. The molecule has 0 aromatic rings. The Balaban J connectivity index is 2.73. The lowest BCUT2D eigenvalue weighted by Crippen LogP contribution is -2.50. The predicted octanol–water partition coefficient (Wildman–Crippen LogP) is -0.416. The van der Waals surface area contributed by atoms with E-state index >= 15 is 0 Å². The van der Waals surface area contributed by atoms with Gasteiger partial charge in [0.1, 0.15) is 0 Å². The molecule has 1 saturated heterocycles. The third-order valence-corrected chi connectivity index (χ3v) is 3.96. The van der Waals surface area contributed by atoms with Gasteiger partial charge in [-0.1, -0.05) is 6.08 Å². The van der Waals surface area contributed by atoms with Crippen molar-refractivity contribution in [2.24, 2.45) is 0 Å². The average Bonchev–Trinajstić information content (AvgIpc) is 2.16. The van der Waals surface area contributed by atoms with Crippen LogP contribution >= 0.6 is 0 Å². The normalized spacial score (nSPS) is 28.9. The third-order valence-electron chi connectivity index (χ3n) is 2.22. The summed E-state index contributed by atoms with van der Waals surface area (Å²) in [6, 6.07) is 0. The summed E-state index contributed by atoms with van der Waals surface area (Å²) in [5, 5.41) is 8.96. The summed E-state index contributed by atoms with van der Waals surface area (Å²) >= 11 is 0. The van der Waals surface area contributed by atoms with Crippen LogP contribution in [-0.4, -0.2) is 55.5 Å². The number of ether oxygens (including phenoxy) is 1. The first-order valence-corrected chi connectivity index (χ1v) is 6.45. The molecule has 1 aliphatic heterocycles. The Hall–Kier alpha value is -0.430. The van der Waals surface area contributed by atoms with E-state index in [0.29, 0.717) is 6.54 Å². The van der Waals surface area contributed by atoms with Gasteiger partial charge in [-0.2, -0.15) is 4.31 Å². The van der Waals surface area contributed by atoms with E-state index in [1.54, 1.807) is 6.92 Å². The van der Waals surface area contributed by atoms with E-state index in [9.17, 15) is 8.42 Å². The standard InChI is InChI=1S/C9H17NO4S/c1-3-4-15(12,13)10-5-8(2)14-9(6-10)7-11/h3,8-9,11H,1,4-7H2,2H3. The fourth-order valence-electron chi connectivity index (χ4n) is 1.59. The van der Waals surface area contributed by atoms with Gasteiger partial charge in [0.25, 0.3) is 0 Å². The molecule has 0 spiro atoms. The van der Waals surface area contributed by atoms with Gasteiger partial charge in [-0.15, -0.1) is 6.58 Å². The number of sulfonamides is 1. The molecule has 1 heterocycles. The topological polar surface area (TPSA) is 66.8 Å². The zero-order valence-corrected chi connectivity index (χ0v) is 9.61. The zero-order valence-electron chi connectivity index (χ0n) is 8.80. The summed E-state index contributed by atoms with van der Waals surface area (Å²) in [7, 11) is -3.29. The number of aliphatic hydroxyl groups excluding tert-OH is 1. The molecule has 0 aromatic heterocycles. The third kappa shape index (κ3) is 3.27. The fraction of sp³-hybridized carbons (Fsp3) is 0.778. The van der Waals surface area contributed by atoms with Gasteiger partial charge in [0.2, 0.25) is 10.0 Å². The smallest absolute Gasteiger partial charge is 0.217 e. The molecule has 1 fully saturated rings. The van der Waals surface area contributed by atoms with E-state index < -0.39 is 16.1 Å². The van der Waals surface area contributed by atoms with Crippen molar-refractivity contribution in [3.63, 3.8) is 0 Å². The van der Waals surface area contributed by atoms with Crippen LogP contribution in [0.5, 0.6) is 0 Å². The van der Waals surface area contributed by atoms with Gasteiger partial charge in [-0.05, 0) is 6.92 Å². The van der Waals surface area contributed by atoms with Crippen molar-refractivity contribution in [1.29, 1.82) is 0 Å². The van der Waals surface area contributed by atoms with E-state index in [1.165, 1.54) is 10.4 Å². The first-order valence-electron chi connectivity index (χ1n) is 4.84. The molecule has 6 heteroatoms. The predicted molar refractivity (Wildman–Crippen MR) is 57.0 cm³/mol. The molecule has 5 nitrogen and oxygen atoms in total. The minimum Gasteiger partial charge on any atom is -0.394 e. The molecular formula is C9H17NO4S. The van der Waals surface area contributed by atoms with Crippen molar-refractivity contribution < 1.29 is 18.3 Å². The molecule has 0 bridgehead atoms. The molecule has 1 rings (SSSR count). The van der Waals surface area contributed by atoms with Crippen LogP contribution in [-0.2, 0) is 14.8 Å². The molecule has 2 unspecified atom stereocenters. The lowest BCUT2D eigenvalue weighted by atomic mass is 10.2. The van der Waals surface area contributed by atoms with Crippen molar-refractivity contribution in [2.45, 2.75) is 19.1 Å². The Bertz CT molecular complexity index is 314. The summed E-state index contributed by atoms with van der Waals surface area (Å²) in [4.78, 5) is 0. The Morgan fingerprint density at radius 2 is 2.27 bits per heavy atom. The van der Waals surface area contributed by atoms with Crippen LogP contribution in [0.2, 0.25) is 0 Å². The summed E-state index contributed by atoms with van der Waals surface area (Å²) < 4.78 is 30.1. The summed E-state index contributed by atoms with van der Waals surface area (Å²) in [5.41, 5.74) is 0. The van der Waals surface area contributed by atoms with Crippen LogP contribution in [0, 0.1) is 0 Å². The van der Waals surface area contributed by atoms with Gasteiger partial charge < -0.3 is 9.84 Å². The Morgan fingerprint density at radius 3 is 2.80 bits per heavy atom. The monoisotopic (exact) mass is 235 g/mol. The van der Waals surface area contributed by atoms with Gasteiger partial charge >= 0.3 is 0 Å². The number of aliphatic hydroxyl groups is 1. The van der Waals surface area contributed by atoms with E-state index in [4.69, 9.17) is 9.84 Å². The second kappa shape index (κ2) is 5.07. The van der Waals surface area contributed by atoms with Crippen molar-refractivity contribution in [3.05, 3.63) is 12.7 Å². The molecule has 0 radical (unpaired) electrons. The van der Waals surface area contributed by atoms with Gasteiger partial charge in [0.05, 0.1) is 24.6 Å². The molecule has 1 N–H and O–H groups in total. The van der Waals surface area contributed by atoms with Crippen LogP contribution in [0.15, 0.2) is 12.7 Å². The molecule has 0 aliphatic carbocycles. The number of hydrogen-bond acceptors (Lipinski definition) is 4. The molecule has 15 heavy (non-hydrogen) atoms. The average molecular weight is 235 g/mol. The molecule has 0 amide bonds.